The molecule has 0 radical (unpaired) electrons. The van der Waals surface area contributed by atoms with Crippen LogP contribution in [0.3, 0.4) is 0 Å². The molecule has 6 rings (SSSR count). The number of nitrogens with zero attached hydrogens (tertiary/aromatic N) is 1. The van der Waals surface area contributed by atoms with E-state index in [-0.39, 0.29) is 17.7 Å². The molecule has 5 aliphatic rings. The van der Waals surface area contributed by atoms with Crippen molar-refractivity contribution in [2.45, 2.75) is 51.4 Å². The van der Waals surface area contributed by atoms with Gasteiger partial charge in [-0.25, -0.2) is 0 Å². The van der Waals surface area contributed by atoms with Crippen molar-refractivity contribution in [3.63, 3.8) is 0 Å². The summed E-state index contributed by atoms with van der Waals surface area (Å²) < 4.78 is 0.975. The van der Waals surface area contributed by atoms with Crippen LogP contribution in [0.1, 0.15) is 61.7 Å². The van der Waals surface area contributed by atoms with E-state index in [0.29, 0.717) is 18.5 Å². The highest BCUT2D eigenvalue weighted by Gasteiger charge is 2.50. The van der Waals surface area contributed by atoms with Crippen molar-refractivity contribution < 1.29 is 9.59 Å². The van der Waals surface area contributed by atoms with Gasteiger partial charge in [0.25, 0.3) is 5.91 Å². The molecule has 1 aliphatic heterocycles. The van der Waals surface area contributed by atoms with Gasteiger partial charge in [0.1, 0.15) is 0 Å². The fraction of sp³-hybridized carbons (Fsp3) is 0.667. The lowest BCUT2D eigenvalue weighted by atomic mass is 9.49. The fourth-order valence-corrected chi connectivity index (χ4v) is 7.31. The van der Waals surface area contributed by atoms with Crippen molar-refractivity contribution in [1.29, 1.82) is 0 Å². The van der Waals surface area contributed by atoms with Gasteiger partial charge >= 0.3 is 0 Å². The van der Waals surface area contributed by atoms with Crippen molar-refractivity contribution in [3.05, 3.63) is 34.3 Å². The van der Waals surface area contributed by atoms with Crippen LogP contribution in [0, 0.1) is 29.1 Å². The Kier molecular flexibility index (Phi) is 5.21. The number of amides is 2. The Labute approximate surface area is 181 Å². The molecule has 4 saturated carbocycles. The third-order valence-corrected chi connectivity index (χ3v) is 8.58. The molecule has 1 N–H and O–H groups in total. The van der Waals surface area contributed by atoms with Gasteiger partial charge in [-0.05, 0) is 98.8 Å². The molecule has 4 aliphatic carbocycles. The Morgan fingerprint density at radius 1 is 0.966 bits per heavy atom. The van der Waals surface area contributed by atoms with Gasteiger partial charge in [0.2, 0.25) is 5.91 Å². The van der Waals surface area contributed by atoms with E-state index in [0.717, 1.165) is 47.2 Å². The molecule has 5 heteroatoms. The summed E-state index contributed by atoms with van der Waals surface area (Å²) in [5, 5.41) is 3.34. The van der Waals surface area contributed by atoms with Gasteiger partial charge in [0, 0.05) is 35.6 Å². The van der Waals surface area contributed by atoms with Crippen LogP contribution >= 0.6 is 15.9 Å². The first-order chi connectivity index (χ1) is 14.0. The largest absolute Gasteiger partial charge is 0.355 e. The Morgan fingerprint density at radius 2 is 1.52 bits per heavy atom. The zero-order chi connectivity index (χ0) is 20.0. The molecule has 5 fully saturated rings. The molecule has 0 unspecified atom stereocenters. The number of rotatable bonds is 4. The van der Waals surface area contributed by atoms with E-state index >= 15 is 0 Å². The molecule has 0 spiro atoms. The Balaban J connectivity index is 1.12. The summed E-state index contributed by atoms with van der Waals surface area (Å²) in [6.45, 7) is 2.22. The molecule has 4 bridgehead atoms. The molecule has 1 aromatic rings. The highest BCUT2D eigenvalue weighted by molar-refractivity contribution is 9.10. The number of carbonyl (C=O) groups is 2. The van der Waals surface area contributed by atoms with Crippen molar-refractivity contribution in [2.24, 2.45) is 29.1 Å². The van der Waals surface area contributed by atoms with Gasteiger partial charge in [-0.3, -0.25) is 9.59 Å². The molecule has 0 aromatic heterocycles. The van der Waals surface area contributed by atoms with Crippen LogP contribution < -0.4 is 5.32 Å². The molecule has 0 atom stereocenters. The average Bonchev–Trinajstić information content (AvgIpc) is 2.71. The number of carbonyl (C=O) groups excluding carboxylic acids is 2. The molecule has 1 aromatic carbocycles. The van der Waals surface area contributed by atoms with Crippen molar-refractivity contribution in [1.82, 2.24) is 10.2 Å². The normalized spacial score (nSPS) is 33.7. The van der Waals surface area contributed by atoms with Crippen molar-refractivity contribution >= 4 is 27.7 Å². The van der Waals surface area contributed by atoms with E-state index in [1.165, 1.54) is 38.5 Å². The van der Waals surface area contributed by atoms with Crippen molar-refractivity contribution in [2.75, 3.05) is 19.6 Å². The first-order valence-electron chi connectivity index (χ1n) is 11.3. The minimum atomic E-state index is 0.0536. The second kappa shape index (κ2) is 7.72. The van der Waals surface area contributed by atoms with Gasteiger partial charge in [-0.15, -0.1) is 0 Å². The summed E-state index contributed by atoms with van der Waals surface area (Å²) in [5.74, 6) is 3.11. The summed E-state index contributed by atoms with van der Waals surface area (Å²) in [7, 11) is 0. The first kappa shape index (κ1) is 19.6. The van der Waals surface area contributed by atoms with Gasteiger partial charge in [0.15, 0.2) is 0 Å². The molecule has 1 heterocycles. The average molecular weight is 459 g/mol. The first-order valence-corrected chi connectivity index (χ1v) is 12.1. The summed E-state index contributed by atoms with van der Waals surface area (Å²) in [6, 6.07) is 7.52. The summed E-state index contributed by atoms with van der Waals surface area (Å²) in [4.78, 5) is 27.4. The minimum Gasteiger partial charge on any atom is -0.355 e. The molecular weight excluding hydrogens is 428 g/mol. The third kappa shape index (κ3) is 3.99. The molecule has 2 amide bonds. The zero-order valence-corrected chi connectivity index (χ0v) is 18.6. The fourth-order valence-electron chi connectivity index (χ4n) is 7.05. The zero-order valence-electron chi connectivity index (χ0n) is 17.0. The smallest absolute Gasteiger partial charge is 0.253 e. The molecule has 156 valence electrons. The summed E-state index contributed by atoms with van der Waals surface area (Å²) >= 11 is 3.41. The predicted molar refractivity (Wildman–Crippen MR) is 116 cm³/mol. The number of benzene rings is 1. The van der Waals surface area contributed by atoms with Gasteiger partial charge in [-0.2, -0.15) is 0 Å². The SMILES string of the molecule is O=C(NCC12CC3CC(CC(C3)C1)C2)C1CCN(C(=O)c2ccc(Br)cc2)CC1. The second-order valence-corrected chi connectivity index (χ2v) is 11.1. The van der Waals surface area contributed by atoms with E-state index in [1.54, 1.807) is 0 Å². The number of hydrogen-bond donors (Lipinski definition) is 1. The van der Waals surface area contributed by atoms with Crippen LogP contribution in [0.4, 0.5) is 0 Å². The minimum absolute atomic E-state index is 0.0536. The van der Waals surface area contributed by atoms with Gasteiger partial charge in [-0.1, -0.05) is 15.9 Å². The second-order valence-electron chi connectivity index (χ2n) is 10.2. The Bertz CT molecular complexity index is 747. The Morgan fingerprint density at radius 3 is 2.07 bits per heavy atom. The lowest BCUT2D eigenvalue weighted by molar-refractivity contribution is -0.128. The summed E-state index contributed by atoms with van der Waals surface area (Å²) in [6.07, 6.45) is 9.87. The third-order valence-electron chi connectivity index (χ3n) is 8.05. The van der Waals surface area contributed by atoms with Gasteiger partial charge < -0.3 is 10.2 Å². The van der Waals surface area contributed by atoms with Crippen LogP contribution in [0.5, 0.6) is 0 Å². The summed E-state index contributed by atoms with van der Waals surface area (Å²) in [5.41, 5.74) is 1.11. The number of likely N-dealkylation sites (tertiary alicyclic amines) is 1. The Hall–Kier alpha value is -1.36. The highest BCUT2D eigenvalue weighted by Crippen LogP contribution is 2.59. The van der Waals surface area contributed by atoms with E-state index in [1.807, 2.05) is 29.2 Å². The van der Waals surface area contributed by atoms with E-state index in [4.69, 9.17) is 0 Å². The highest BCUT2D eigenvalue weighted by atomic mass is 79.9. The van der Waals surface area contributed by atoms with Crippen LogP contribution in [0.2, 0.25) is 0 Å². The van der Waals surface area contributed by atoms with Crippen LogP contribution in [-0.2, 0) is 4.79 Å². The monoisotopic (exact) mass is 458 g/mol. The lowest BCUT2D eigenvalue weighted by Gasteiger charge is -2.57. The van der Waals surface area contributed by atoms with Crippen LogP contribution in [0.15, 0.2) is 28.7 Å². The van der Waals surface area contributed by atoms with Crippen LogP contribution in [0.25, 0.3) is 0 Å². The molecule has 29 heavy (non-hydrogen) atoms. The van der Waals surface area contributed by atoms with E-state index in [9.17, 15) is 9.59 Å². The molecule has 1 saturated heterocycles. The topological polar surface area (TPSA) is 49.4 Å². The van der Waals surface area contributed by atoms with E-state index < -0.39 is 0 Å². The van der Waals surface area contributed by atoms with E-state index in [2.05, 4.69) is 21.2 Å². The molecular formula is C24H31BrN2O2. The van der Waals surface area contributed by atoms with Crippen LogP contribution in [-0.4, -0.2) is 36.3 Å². The number of hydrogen-bond acceptors (Lipinski definition) is 2. The standard InChI is InChI=1S/C24H31BrN2O2/c25-21-3-1-20(2-4-21)23(29)27-7-5-19(6-8-27)22(28)26-15-24-12-16-9-17(13-24)11-18(10-16)14-24/h1-4,16-19H,5-15H2,(H,26,28). The van der Waals surface area contributed by atoms with Gasteiger partial charge in [0.05, 0.1) is 0 Å². The van der Waals surface area contributed by atoms with Crippen molar-refractivity contribution in [3.8, 4) is 0 Å². The number of nitrogens with one attached hydrogen (secondary N) is 1. The molecule has 4 nitrogen and oxygen atoms in total. The maximum Gasteiger partial charge on any atom is 0.253 e. The number of piperidine rings is 1. The predicted octanol–water partition coefficient (Wildman–Crippen LogP) is 4.63. The number of halogens is 1. The lowest BCUT2D eigenvalue weighted by Crippen LogP contribution is -2.52. The quantitative estimate of drug-likeness (QED) is 0.714. The maximum atomic E-state index is 12.9. The maximum absolute atomic E-state index is 12.9.